The predicted octanol–water partition coefficient (Wildman–Crippen LogP) is 2.55. The summed E-state index contributed by atoms with van der Waals surface area (Å²) in [6.07, 6.45) is 6.83. The maximum atomic E-state index is 4.28. The molecule has 0 aromatic heterocycles. The van der Waals surface area contributed by atoms with Gasteiger partial charge in [-0.1, -0.05) is 19.8 Å². The first-order chi connectivity index (χ1) is 6.25. The average molecular weight is 180 g/mol. The zero-order valence-electron chi connectivity index (χ0n) is 8.71. The molecule has 1 N–H and O–H groups in total. The first-order valence-electron chi connectivity index (χ1n) is 5.54. The van der Waals surface area contributed by atoms with Gasteiger partial charge in [0.1, 0.15) is 0 Å². The highest BCUT2D eigenvalue weighted by molar-refractivity contribution is 5.83. The molecule has 0 amide bonds. The van der Waals surface area contributed by atoms with Gasteiger partial charge in [0.05, 0.1) is 6.04 Å². The Morgan fingerprint density at radius 2 is 1.92 bits per heavy atom. The molecule has 1 fully saturated rings. The van der Waals surface area contributed by atoms with E-state index in [0.29, 0.717) is 6.04 Å². The van der Waals surface area contributed by atoms with E-state index in [4.69, 9.17) is 0 Å². The Labute approximate surface area is 80.8 Å². The van der Waals surface area contributed by atoms with Crippen molar-refractivity contribution in [2.45, 2.75) is 52.0 Å². The summed E-state index contributed by atoms with van der Waals surface area (Å²) in [7, 11) is 0. The van der Waals surface area contributed by atoms with E-state index in [9.17, 15) is 0 Å². The fraction of sp³-hybridized carbons (Fsp3) is 0.909. The Bertz CT molecular complexity index is 202. The molecule has 2 aliphatic rings. The fourth-order valence-corrected chi connectivity index (χ4v) is 2.56. The van der Waals surface area contributed by atoms with E-state index in [1.54, 1.807) is 0 Å². The van der Waals surface area contributed by atoms with E-state index >= 15 is 0 Å². The maximum absolute atomic E-state index is 4.28. The lowest BCUT2D eigenvalue weighted by molar-refractivity contribution is 0.241. The minimum atomic E-state index is 0.660. The number of hydrazone groups is 1. The minimum absolute atomic E-state index is 0.660. The predicted molar refractivity (Wildman–Crippen MR) is 55.8 cm³/mol. The largest absolute Gasteiger partial charge is 0.306 e. The lowest BCUT2D eigenvalue weighted by Gasteiger charge is -2.30. The molecule has 0 radical (unpaired) electrons. The molecule has 0 spiro atoms. The van der Waals surface area contributed by atoms with Crippen LogP contribution in [-0.2, 0) is 0 Å². The van der Waals surface area contributed by atoms with Crippen molar-refractivity contribution in [2.24, 2.45) is 16.9 Å². The van der Waals surface area contributed by atoms with Crippen molar-refractivity contribution in [1.82, 2.24) is 5.43 Å². The van der Waals surface area contributed by atoms with Gasteiger partial charge < -0.3 is 5.43 Å². The van der Waals surface area contributed by atoms with E-state index in [1.807, 2.05) is 0 Å². The first kappa shape index (κ1) is 9.04. The highest BCUT2D eigenvalue weighted by Gasteiger charge is 2.28. The fourth-order valence-electron chi connectivity index (χ4n) is 2.56. The quantitative estimate of drug-likeness (QED) is 0.659. The molecular formula is C11H20N2. The first-order valence-corrected chi connectivity index (χ1v) is 5.54. The summed E-state index contributed by atoms with van der Waals surface area (Å²) in [6, 6.07) is 0.660. The second-order valence-corrected chi connectivity index (χ2v) is 4.81. The molecule has 0 aromatic carbocycles. The molecule has 74 valence electrons. The number of nitrogens with one attached hydrogen (secondary N) is 1. The van der Waals surface area contributed by atoms with Crippen molar-refractivity contribution < 1.29 is 0 Å². The SMILES string of the molecule is CC1=NNC(C2CCC(C)CC2)C1. The van der Waals surface area contributed by atoms with E-state index in [-0.39, 0.29) is 0 Å². The van der Waals surface area contributed by atoms with Crippen LogP contribution in [0, 0.1) is 11.8 Å². The molecule has 1 heterocycles. The van der Waals surface area contributed by atoms with E-state index in [2.05, 4.69) is 24.4 Å². The molecule has 1 aliphatic carbocycles. The van der Waals surface area contributed by atoms with Gasteiger partial charge in [-0.05, 0) is 31.6 Å². The van der Waals surface area contributed by atoms with Crippen molar-refractivity contribution in [2.75, 3.05) is 0 Å². The molecule has 1 unspecified atom stereocenters. The van der Waals surface area contributed by atoms with Gasteiger partial charge in [-0.2, -0.15) is 5.10 Å². The lowest BCUT2D eigenvalue weighted by atomic mass is 9.78. The van der Waals surface area contributed by atoms with Gasteiger partial charge in [0, 0.05) is 12.1 Å². The van der Waals surface area contributed by atoms with Gasteiger partial charge in [-0.25, -0.2) is 0 Å². The van der Waals surface area contributed by atoms with Gasteiger partial charge in [0.15, 0.2) is 0 Å². The topological polar surface area (TPSA) is 24.4 Å². The summed E-state index contributed by atoms with van der Waals surface area (Å²) in [4.78, 5) is 0. The van der Waals surface area contributed by atoms with Gasteiger partial charge >= 0.3 is 0 Å². The van der Waals surface area contributed by atoms with E-state index in [1.165, 1.54) is 37.8 Å². The molecule has 2 heteroatoms. The van der Waals surface area contributed by atoms with Gasteiger partial charge in [-0.3, -0.25) is 0 Å². The van der Waals surface area contributed by atoms with Gasteiger partial charge in [0.2, 0.25) is 0 Å². The summed E-state index contributed by atoms with van der Waals surface area (Å²) in [5, 5.41) is 4.28. The number of rotatable bonds is 1. The zero-order chi connectivity index (χ0) is 9.26. The third-order valence-corrected chi connectivity index (χ3v) is 3.57. The average Bonchev–Trinajstić information content (AvgIpc) is 2.53. The van der Waals surface area contributed by atoms with Crippen LogP contribution in [0.25, 0.3) is 0 Å². The number of nitrogens with zero attached hydrogens (tertiary/aromatic N) is 1. The highest BCUT2D eigenvalue weighted by atomic mass is 15.3. The molecule has 0 aromatic rings. The van der Waals surface area contributed by atoms with Crippen LogP contribution < -0.4 is 5.43 Å². The van der Waals surface area contributed by atoms with Gasteiger partial charge in [-0.15, -0.1) is 0 Å². The maximum Gasteiger partial charge on any atom is 0.0520 e. The second kappa shape index (κ2) is 3.69. The van der Waals surface area contributed by atoms with Crippen LogP contribution >= 0.6 is 0 Å². The molecular weight excluding hydrogens is 160 g/mol. The zero-order valence-corrected chi connectivity index (χ0v) is 8.71. The Morgan fingerprint density at radius 1 is 1.23 bits per heavy atom. The third-order valence-electron chi connectivity index (χ3n) is 3.57. The minimum Gasteiger partial charge on any atom is -0.306 e. The summed E-state index contributed by atoms with van der Waals surface area (Å²) in [5.74, 6) is 1.84. The van der Waals surface area contributed by atoms with Gasteiger partial charge in [0.25, 0.3) is 0 Å². The Kier molecular flexibility index (Phi) is 2.56. The molecule has 2 nitrogen and oxygen atoms in total. The summed E-state index contributed by atoms with van der Waals surface area (Å²) >= 11 is 0. The van der Waals surface area contributed by atoms with Crippen LogP contribution in [0.15, 0.2) is 5.10 Å². The Hall–Kier alpha value is -0.530. The van der Waals surface area contributed by atoms with Crippen molar-refractivity contribution in [3.05, 3.63) is 0 Å². The van der Waals surface area contributed by atoms with Crippen LogP contribution in [0.5, 0.6) is 0 Å². The summed E-state index contributed by atoms with van der Waals surface area (Å²) in [6.45, 7) is 4.50. The highest BCUT2D eigenvalue weighted by Crippen LogP contribution is 2.32. The summed E-state index contributed by atoms with van der Waals surface area (Å²) < 4.78 is 0. The third kappa shape index (κ3) is 2.04. The normalized spacial score (nSPS) is 39.8. The van der Waals surface area contributed by atoms with Crippen LogP contribution in [0.1, 0.15) is 46.0 Å². The van der Waals surface area contributed by atoms with Crippen molar-refractivity contribution in [1.29, 1.82) is 0 Å². The smallest absolute Gasteiger partial charge is 0.0520 e. The van der Waals surface area contributed by atoms with Crippen molar-refractivity contribution in [3.8, 4) is 0 Å². The molecule has 1 saturated carbocycles. The standard InChI is InChI=1S/C11H20N2/c1-8-3-5-10(6-4-8)11-7-9(2)12-13-11/h8,10-11,13H,3-7H2,1-2H3. The summed E-state index contributed by atoms with van der Waals surface area (Å²) in [5.41, 5.74) is 4.56. The van der Waals surface area contributed by atoms with Crippen LogP contribution in [0.3, 0.4) is 0 Å². The van der Waals surface area contributed by atoms with Crippen LogP contribution in [-0.4, -0.2) is 11.8 Å². The number of hydrogen-bond donors (Lipinski definition) is 1. The molecule has 13 heavy (non-hydrogen) atoms. The molecule has 1 atom stereocenters. The van der Waals surface area contributed by atoms with Crippen LogP contribution in [0.2, 0.25) is 0 Å². The Morgan fingerprint density at radius 3 is 2.46 bits per heavy atom. The van der Waals surface area contributed by atoms with Crippen molar-refractivity contribution in [3.63, 3.8) is 0 Å². The van der Waals surface area contributed by atoms with E-state index in [0.717, 1.165) is 11.8 Å². The monoisotopic (exact) mass is 180 g/mol. The lowest BCUT2D eigenvalue weighted by Crippen LogP contribution is -2.32. The molecule has 2 rings (SSSR count). The molecule has 1 aliphatic heterocycles. The van der Waals surface area contributed by atoms with Crippen LogP contribution in [0.4, 0.5) is 0 Å². The van der Waals surface area contributed by atoms with E-state index < -0.39 is 0 Å². The second-order valence-electron chi connectivity index (χ2n) is 4.81. The Balaban J connectivity index is 1.82. The van der Waals surface area contributed by atoms with Crippen molar-refractivity contribution >= 4 is 5.71 Å². The number of hydrogen-bond acceptors (Lipinski definition) is 2. The molecule has 0 bridgehead atoms. The molecule has 0 saturated heterocycles.